The zero-order chi connectivity index (χ0) is 15.0. The Kier molecular flexibility index (Phi) is 1.89. The predicted octanol–water partition coefficient (Wildman–Crippen LogP) is 5.38. The minimum absolute atomic E-state index is 1.10. The van der Waals surface area contributed by atoms with Crippen molar-refractivity contribution in [1.82, 2.24) is 9.38 Å². The average molecular weight is 292 g/mol. The molecule has 0 aliphatic carbocycles. The van der Waals surface area contributed by atoms with Crippen molar-refractivity contribution >= 4 is 49.0 Å². The maximum atomic E-state index is 4.72. The first-order chi connectivity index (χ1) is 11.4. The van der Waals surface area contributed by atoms with Crippen molar-refractivity contribution in [2.75, 3.05) is 0 Å². The molecule has 2 heteroatoms. The lowest BCUT2D eigenvalue weighted by Crippen LogP contribution is -1.93. The topological polar surface area (TPSA) is 17.3 Å². The number of hydrogen-bond acceptors (Lipinski definition) is 1. The molecule has 3 aromatic heterocycles. The lowest BCUT2D eigenvalue weighted by Gasteiger charge is -2.11. The van der Waals surface area contributed by atoms with E-state index < -0.39 is 0 Å². The Hall–Kier alpha value is -3.13. The molecular formula is C21H12N2. The molecule has 106 valence electrons. The van der Waals surface area contributed by atoms with Crippen molar-refractivity contribution in [2.45, 2.75) is 0 Å². The highest BCUT2D eigenvalue weighted by Gasteiger charge is 2.17. The third kappa shape index (κ3) is 1.24. The Balaban J connectivity index is 2.18. The van der Waals surface area contributed by atoms with Crippen LogP contribution in [0.15, 0.2) is 72.9 Å². The minimum Gasteiger partial charge on any atom is -0.308 e. The second-order valence-corrected chi connectivity index (χ2v) is 6.09. The molecule has 0 saturated carbocycles. The first kappa shape index (κ1) is 11.4. The molecule has 6 aromatic rings. The van der Waals surface area contributed by atoms with E-state index in [1.807, 2.05) is 6.20 Å². The summed E-state index contributed by atoms with van der Waals surface area (Å²) in [6.45, 7) is 0. The Morgan fingerprint density at radius 3 is 2.26 bits per heavy atom. The van der Waals surface area contributed by atoms with Gasteiger partial charge < -0.3 is 4.40 Å². The van der Waals surface area contributed by atoms with Crippen LogP contribution in [0.3, 0.4) is 0 Å². The minimum atomic E-state index is 1.10. The molecule has 0 atom stereocenters. The number of benzene rings is 3. The number of pyridine rings is 2. The van der Waals surface area contributed by atoms with Crippen molar-refractivity contribution in [1.29, 1.82) is 0 Å². The maximum Gasteiger partial charge on any atom is 0.0822 e. The molecule has 6 rings (SSSR count). The van der Waals surface area contributed by atoms with Gasteiger partial charge in [-0.25, -0.2) is 0 Å². The van der Waals surface area contributed by atoms with Gasteiger partial charge >= 0.3 is 0 Å². The lowest BCUT2D eigenvalue weighted by molar-refractivity contribution is 1.34. The van der Waals surface area contributed by atoms with Crippen LogP contribution in [0.25, 0.3) is 49.0 Å². The fraction of sp³-hybridized carbons (Fsp3) is 0. The molecule has 3 aromatic carbocycles. The Labute approximate surface area is 131 Å². The van der Waals surface area contributed by atoms with Crippen LogP contribution >= 0.6 is 0 Å². The molecule has 0 radical (unpaired) electrons. The largest absolute Gasteiger partial charge is 0.308 e. The average Bonchev–Trinajstić information content (AvgIpc) is 2.96. The summed E-state index contributed by atoms with van der Waals surface area (Å²) in [7, 11) is 0. The van der Waals surface area contributed by atoms with Gasteiger partial charge in [-0.1, -0.05) is 48.5 Å². The van der Waals surface area contributed by atoms with Crippen LogP contribution in [0, 0.1) is 0 Å². The summed E-state index contributed by atoms with van der Waals surface area (Å²) in [5.74, 6) is 0. The van der Waals surface area contributed by atoms with Gasteiger partial charge in [0.2, 0.25) is 0 Å². The molecule has 2 nitrogen and oxygen atoms in total. The maximum absolute atomic E-state index is 4.72. The van der Waals surface area contributed by atoms with Gasteiger partial charge in [-0.15, -0.1) is 0 Å². The van der Waals surface area contributed by atoms with E-state index in [1.165, 1.54) is 43.5 Å². The summed E-state index contributed by atoms with van der Waals surface area (Å²) in [5, 5.41) is 6.33. The normalized spacial score (nSPS) is 12.3. The molecule has 0 bridgehead atoms. The van der Waals surface area contributed by atoms with Crippen LogP contribution in [-0.4, -0.2) is 9.38 Å². The van der Waals surface area contributed by atoms with Crippen LogP contribution in [-0.2, 0) is 0 Å². The van der Waals surface area contributed by atoms with E-state index in [0.29, 0.717) is 0 Å². The predicted molar refractivity (Wildman–Crippen MR) is 96.4 cm³/mol. The Morgan fingerprint density at radius 2 is 1.39 bits per heavy atom. The molecule has 23 heavy (non-hydrogen) atoms. The summed E-state index contributed by atoms with van der Waals surface area (Å²) < 4.78 is 2.40. The second kappa shape index (κ2) is 3.79. The Bertz CT molecular complexity index is 1340. The molecule has 0 amide bonds. The molecule has 0 spiro atoms. The molecular weight excluding hydrogens is 280 g/mol. The van der Waals surface area contributed by atoms with Crippen molar-refractivity contribution in [3.8, 4) is 0 Å². The van der Waals surface area contributed by atoms with Crippen LogP contribution in [0.1, 0.15) is 0 Å². The van der Waals surface area contributed by atoms with Gasteiger partial charge in [0.25, 0.3) is 0 Å². The monoisotopic (exact) mass is 292 g/mol. The van der Waals surface area contributed by atoms with E-state index in [2.05, 4.69) is 71.1 Å². The second-order valence-electron chi connectivity index (χ2n) is 6.09. The van der Waals surface area contributed by atoms with Gasteiger partial charge in [0, 0.05) is 27.7 Å². The molecule has 0 saturated heterocycles. The zero-order valence-electron chi connectivity index (χ0n) is 12.3. The van der Waals surface area contributed by atoms with E-state index in [9.17, 15) is 0 Å². The van der Waals surface area contributed by atoms with Crippen LogP contribution in [0.5, 0.6) is 0 Å². The highest BCUT2D eigenvalue weighted by Crippen LogP contribution is 2.39. The van der Waals surface area contributed by atoms with Crippen LogP contribution in [0.4, 0.5) is 0 Å². The summed E-state index contributed by atoms with van der Waals surface area (Å²) in [4.78, 5) is 4.72. The van der Waals surface area contributed by atoms with Crippen LogP contribution in [0.2, 0.25) is 0 Å². The van der Waals surface area contributed by atoms with E-state index in [1.54, 1.807) is 0 Å². The van der Waals surface area contributed by atoms with E-state index in [4.69, 9.17) is 4.98 Å². The van der Waals surface area contributed by atoms with Gasteiger partial charge in [-0.05, 0) is 23.6 Å². The van der Waals surface area contributed by atoms with E-state index >= 15 is 0 Å². The molecule has 0 aliphatic rings. The summed E-state index contributed by atoms with van der Waals surface area (Å²) >= 11 is 0. The van der Waals surface area contributed by atoms with Gasteiger partial charge in [0.05, 0.1) is 22.1 Å². The number of para-hydroxylation sites is 2. The highest BCUT2D eigenvalue weighted by atomic mass is 14.9. The zero-order valence-corrected chi connectivity index (χ0v) is 12.3. The quantitative estimate of drug-likeness (QED) is 0.271. The van der Waals surface area contributed by atoms with Gasteiger partial charge in [0.15, 0.2) is 0 Å². The highest BCUT2D eigenvalue weighted by molar-refractivity contribution is 6.27. The number of rotatable bonds is 0. The van der Waals surface area contributed by atoms with Crippen molar-refractivity contribution in [3.05, 3.63) is 72.9 Å². The lowest BCUT2D eigenvalue weighted by atomic mass is 10.0. The molecule has 3 heterocycles. The van der Waals surface area contributed by atoms with E-state index in [0.717, 1.165) is 5.52 Å². The van der Waals surface area contributed by atoms with Crippen molar-refractivity contribution < 1.29 is 0 Å². The number of aromatic nitrogens is 2. The summed E-state index contributed by atoms with van der Waals surface area (Å²) in [6.07, 6.45) is 1.92. The fourth-order valence-corrected chi connectivity index (χ4v) is 4.04. The smallest absolute Gasteiger partial charge is 0.0822 e. The molecule has 0 unspecified atom stereocenters. The summed E-state index contributed by atoms with van der Waals surface area (Å²) in [6, 6.07) is 23.8. The number of hydrogen-bond donors (Lipinski definition) is 0. The van der Waals surface area contributed by atoms with Gasteiger partial charge in [-0.3, -0.25) is 4.98 Å². The van der Waals surface area contributed by atoms with Crippen molar-refractivity contribution in [2.24, 2.45) is 0 Å². The third-order valence-electron chi connectivity index (χ3n) is 4.96. The van der Waals surface area contributed by atoms with Crippen LogP contribution < -0.4 is 0 Å². The van der Waals surface area contributed by atoms with Gasteiger partial charge in [0.1, 0.15) is 0 Å². The van der Waals surface area contributed by atoms with Gasteiger partial charge in [-0.2, -0.15) is 0 Å². The fourth-order valence-electron chi connectivity index (χ4n) is 4.04. The SMILES string of the molecule is c1ccc2c(c1)c1ccc3ccnc4c5ccccc5n2c1c34. The number of fused-ring (bicyclic) bond motifs is 6. The molecule has 0 N–H and O–H groups in total. The summed E-state index contributed by atoms with van der Waals surface area (Å²) in [5.41, 5.74) is 4.86. The van der Waals surface area contributed by atoms with E-state index in [-0.39, 0.29) is 0 Å². The molecule has 0 fully saturated rings. The standard InChI is InChI=1S/C21H12N2/c1-3-7-17-14(5-1)15-10-9-13-11-12-22-20-16-6-2-4-8-18(16)23(17)21(15)19(13)20/h1-12H. The Morgan fingerprint density at radius 1 is 0.652 bits per heavy atom. The third-order valence-corrected chi connectivity index (χ3v) is 4.96. The first-order valence-electron chi connectivity index (χ1n) is 7.84. The number of nitrogens with zero attached hydrogens (tertiary/aromatic N) is 2. The van der Waals surface area contributed by atoms with Crippen molar-refractivity contribution in [3.63, 3.8) is 0 Å². The first-order valence-corrected chi connectivity index (χ1v) is 7.84. The molecule has 0 aliphatic heterocycles.